The third kappa shape index (κ3) is 3.65. The van der Waals surface area contributed by atoms with E-state index < -0.39 is 0 Å². The minimum atomic E-state index is -0.0871. The first-order chi connectivity index (χ1) is 12.0. The lowest BCUT2D eigenvalue weighted by atomic mass is 9.93. The number of rotatable bonds is 3. The third-order valence-electron chi connectivity index (χ3n) is 4.50. The molecular weight excluding hydrogens is 316 g/mol. The van der Waals surface area contributed by atoms with Gasteiger partial charge >= 0.3 is 0 Å². The van der Waals surface area contributed by atoms with Crippen LogP contribution in [0, 0.1) is 13.8 Å². The van der Waals surface area contributed by atoms with Gasteiger partial charge in [-0.1, -0.05) is 12.1 Å². The molecule has 2 aromatic carbocycles. The Morgan fingerprint density at radius 2 is 1.92 bits per heavy atom. The number of fused-ring (bicyclic) bond motifs is 1. The average molecular weight is 338 g/mol. The highest BCUT2D eigenvalue weighted by Crippen LogP contribution is 2.31. The lowest BCUT2D eigenvalue weighted by molar-refractivity contribution is -0.114. The maximum absolute atomic E-state index is 12.3. The summed E-state index contributed by atoms with van der Waals surface area (Å²) in [7, 11) is 0. The van der Waals surface area contributed by atoms with E-state index in [0.29, 0.717) is 30.9 Å². The van der Waals surface area contributed by atoms with Crippen molar-refractivity contribution in [2.24, 2.45) is 0 Å². The Morgan fingerprint density at radius 3 is 2.60 bits per heavy atom. The Morgan fingerprint density at radius 1 is 1.20 bits per heavy atom. The van der Waals surface area contributed by atoms with Crippen molar-refractivity contribution in [3.63, 3.8) is 0 Å². The van der Waals surface area contributed by atoms with E-state index in [1.165, 1.54) is 6.92 Å². The normalized spacial score (nSPS) is 13.3. The van der Waals surface area contributed by atoms with E-state index in [0.717, 1.165) is 27.9 Å². The van der Waals surface area contributed by atoms with Gasteiger partial charge in [0.05, 0.1) is 12.1 Å². The number of hydrogen-bond donors (Lipinski definition) is 2. The molecule has 130 valence electrons. The molecule has 0 saturated carbocycles. The molecule has 2 aromatic rings. The summed E-state index contributed by atoms with van der Waals surface area (Å²) in [6.07, 6.45) is 0.716. The molecule has 0 spiro atoms. The van der Waals surface area contributed by atoms with Crippen LogP contribution in [0.3, 0.4) is 0 Å². The molecule has 1 heterocycles. The topological polar surface area (TPSA) is 67.4 Å². The van der Waals surface area contributed by atoms with Crippen LogP contribution in [0.5, 0.6) is 5.75 Å². The average Bonchev–Trinajstić information content (AvgIpc) is 2.76. The highest BCUT2D eigenvalue weighted by Gasteiger charge is 2.21. The van der Waals surface area contributed by atoms with Gasteiger partial charge in [0.2, 0.25) is 5.91 Å². The molecule has 0 saturated heterocycles. The Bertz CT molecular complexity index is 826. The number of carbonyl (C=O) groups is 2. The van der Waals surface area contributed by atoms with E-state index in [1.54, 1.807) is 0 Å². The van der Waals surface area contributed by atoms with E-state index in [9.17, 15) is 9.59 Å². The first-order valence-corrected chi connectivity index (χ1v) is 8.36. The molecule has 0 bridgehead atoms. The second-order valence-corrected chi connectivity index (χ2v) is 6.32. The Labute approximate surface area is 147 Å². The van der Waals surface area contributed by atoms with Gasteiger partial charge in [-0.05, 0) is 60.7 Å². The molecule has 25 heavy (non-hydrogen) atoms. The zero-order valence-electron chi connectivity index (χ0n) is 14.7. The van der Waals surface area contributed by atoms with Gasteiger partial charge in [0.1, 0.15) is 12.4 Å². The molecule has 2 N–H and O–H groups in total. The molecule has 3 rings (SSSR count). The summed E-state index contributed by atoms with van der Waals surface area (Å²) < 4.78 is 5.76. The number of anilines is 1. The van der Waals surface area contributed by atoms with Crippen LogP contribution in [0.15, 0.2) is 30.3 Å². The monoisotopic (exact) mass is 338 g/mol. The third-order valence-corrected chi connectivity index (χ3v) is 4.50. The smallest absolute Gasteiger partial charge is 0.255 e. The number of amides is 2. The van der Waals surface area contributed by atoms with Crippen molar-refractivity contribution >= 4 is 17.5 Å². The lowest BCUT2D eigenvalue weighted by Gasteiger charge is -2.16. The van der Waals surface area contributed by atoms with Gasteiger partial charge in [0.15, 0.2) is 0 Å². The van der Waals surface area contributed by atoms with Crippen LogP contribution in [0.1, 0.15) is 39.5 Å². The standard InChI is InChI=1S/C20H22N2O3/c1-12-13(2)19-18(20(24)21-8-9-25-19)11-16(12)10-15-4-6-17(7-5-15)22-14(3)23/h4-7,11H,8-10H2,1-3H3,(H,21,24)(H,22,23). The van der Waals surface area contributed by atoms with Gasteiger partial charge in [-0.3, -0.25) is 9.59 Å². The predicted octanol–water partition coefficient (Wildman–Crippen LogP) is 2.97. The van der Waals surface area contributed by atoms with E-state index in [1.807, 2.05) is 37.3 Å². The van der Waals surface area contributed by atoms with E-state index >= 15 is 0 Å². The van der Waals surface area contributed by atoms with E-state index in [2.05, 4.69) is 17.6 Å². The Balaban J connectivity index is 1.91. The maximum Gasteiger partial charge on any atom is 0.255 e. The molecule has 0 fully saturated rings. The Kier molecular flexibility index (Phi) is 4.74. The highest BCUT2D eigenvalue weighted by atomic mass is 16.5. The molecule has 1 aliphatic rings. The number of nitrogens with one attached hydrogen (secondary N) is 2. The summed E-state index contributed by atoms with van der Waals surface area (Å²) in [6, 6.07) is 9.68. The SMILES string of the molecule is CC(=O)Nc1ccc(Cc2cc3c(c(C)c2C)OCCNC3=O)cc1. The van der Waals surface area contributed by atoms with Gasteiger partial charge in [-0.25, -0.2) is 0 Å². The molecule has 1 aliphatic heterocycles. The molecule has 2 amide bonds. The summed E-state index contributed by atoms with van der Waals surface area (Å²) in [5.41, 5.74) is 5.75. The van der Waals surface area contributed by atoms with Crippen LogP contribution in [0.4, 0.5) is 5.69 Å². The van der Waals surface area contributed by atoms with Crippen molar-refractivity contribution in [3.8, 4) is 5.75 Å². The molecule has 0 unspecified atom stereocenters. The van der Waals surface area contributed by atoms with E-state index in [-0.39, 0.29) is 11.8 Å². The number of ether oxygens (including phenoxy) is 1. The first kappa shape index (κ1) is 17.0. The van der Waals surface area contributed by atoms with Gasteiger partial charge < -0.3 is 15.4 Å². The minimum Gasteiger partial charge on any atom is -0.491 e. The minimum absolute atomic E-state index is 0.0853. The first-order valence-electron chi connectivity index (χ1n) is 8.36. The van der Waals surface area contributed by atoms with Crippen molar-refractivity contribution in [1.29, 1.82) is 0 Å². The van der Waals surface area contributed by atoms with Crippen LogP contribution in [-0.4, -0.2) is 25.0 Å². The van der Waals surface area contributed by atoms with E-state index in [4.69, 9.17) is 4.74 Å². The van der Waals surface area contributed by atoms with Crippen LogP contribution in [0.2, 0.25) is 0 Å². The largest absolute Gasteiger partial charge is 0.491 e. The summed E-state index contributed by atoms with van der Waals surface area (Å²) in [5, 5.41) is 5.62. The Hall–Kier alpha value is -2.82. The summed E-state index contributed by atoms with van der Waals surface area (Å²) in [5.74, 6) is 0.520. The number of hydrogen-bond acceptors (Lipinski definition) is 3. The number of carbonyl (C=O) groups excluding carboxylic acids is 2. The number of benzene rings is 2. The molecule has 5 heteroatoms. The summed E-state index contributed by atoms with van der Waals surface area (Å²) in [4.78, 5) is 23.4. The second-order valence-electron chi connectivity index (χ2n) is 6.32. The van der Waals surface area contributed by atoms with Gasteiger partial charge in [0.25, 0.3) is 5.91 Å². The lowest BCUT2D eigenvalue weighted by Crippen LogP contribution is -2.24. The molecule has 0 aromatic heterocycles. The fourth-order valence-electron chi connectivity index (χ4n) is 3.04. The fraction of sp³-hybridized carbons (Fsp3) is 0.300. The summed E-state index contributed by atoms with van der Waals surface area (Å²) in [6.45, 7) is 6.55. The van der Waals surface area contributed by atoms with Gasteiger partial charge in [0, 0.05) is 12.6 Å². The highest BCUT2D eigenvalue weighted by molar-refractivity contribution is 5.98. The van der Waals surface area contributed by atoms with Crippen LogP contribution < -0.4 is 15.4 Å². The fourth-order valence-corrected chi connectivity index (χ4v) is 3.04. The van der Waals surface area contributed by atoms with Crippen LogP contribution in [-0.2, 0) is 11.2 Å². The van der Waals surface area contributed by atoms with Crippen molar-refractivity contribution in [2.45, 2.75) is 27.2 Å². The predicted molar refractivity (Wildman–Crippen MR) is 97.3 cm³/mol. The van der Waals surface area contributed by atoms with Crippen molar-refractivity contribution in [1.82, 2.24) is 5.32 Å². The summed E-state index contributed by atoms with van der Waals surface area (Å²) >= 11 is 0. The zero-order chi connectivity index (χ0) is 18.0. The van der Waals surface area contributed by atoms with Crippen LogP contribution >= 0.6 is 0 Å². The van der Waals surface area contributed by atoms with Crippen molar-refractivity contribution in [2.75, 3.05) is 18.5 Å². The zero-order valence-corrected chi connectivity index (χ0v) is 14.7. The van der Waals surface area contributed by atoms with Crippen LogP contribution in [0.25, 0.3) is 0 Å². The van der Waals surface area contributed by atoms with Crippen molar-refractivity contribution in [3.05, 3.63) is 58.1 Å². The molecule has 0 radical (unpaired) electrons. The van der Waals surface area contributed by atoms with Gasteiger partial charge in [-0.15, -0.1) is 0 Å². The second kappa shape index (κ2) is 6.97. The molecule has 0 atom stereocenters. The maximum atomic E-state index is 12.3. The molecule has 0 aliphatic carbocycles. The molecular formula is C20H22N2O3. The molecule has 5 nitrogen and oxygen atoms in total. The van der Waals surface area contributed by atoms with Crippen molar-refractivity contribution < 1.29 is 14.3 Å². The van der Waals surface area contributed by atoms with Gasteiger partial charge in [-0.2, -0.15) is 0 Å². The quantitative estimate of drug-likeness (QED) is 0.904.